The Bertz CT molecular complexity index is 1120. The maximum Gasteiger partial charge on any atom is 0.323 e. The Hall–Kier alpha value is -3.14. The number of urea groups is 1. The number of nitrogens with zero attached hydrogens (tertiary/aromatic N) is 4. The summed E-state index contributed by atoms with van der Waals surface area (Å²) in [4.78, 5) is 19.0. The molecule has 2 aliphatic heterocycles. The first-order valence-electron chi connectivity index (χ1n) is 10.8. The standard InChI is InChI=1S/C22H24F2N6O2/c1-12-25-10-19(32-12)13-2-5-18-14(6-13)7-21(29-28-18)27-22(31)30-16-3-4-17(30)9-15(8-16)26-11-20(23)24/h2,5-7,10,15-17,20,26H,3-4,8-9,11H2,1H3,(H,27,29,31)/t15-,16-,17+. The van der Waals surface area contributed by atoms with Crippen LogP contribution in [-0.4, -0.2) is 57.2 Å². The van der Waals surface area contributed by atoms with Gasteiger partial charge in [0.15, 0.2) is 17.5 Å². The van der Waals surface area contributed by atoms with Crippen LogP contribution >= 0.6 is 0 Å². The van der Waals surface area contributed by atoms with Crippen molar-refractivity contribution in [2.75, 3.05) is 11.9 Å². The lowest BCUT2D eigenvalue weighted by Crippen LogP contribution is -2.53. The van der Waals surface area contributed by atoms with Gasteiger partial charge in [-0.25, -0.2) is 18.6 Å². The smallest absolute Gasteiger partial charge is 0.323 e. The summed E-state index contributed by atoms with van der Waals surface area (Å²) in [7, 11) is 0. The summed E-state index contributed by atoms with van der Waals surface area (Å²) in [5.74, 6) is 1.61. The van der Waals surface area contributed by atoms with E-state index in [1.807, 2.05) is 23.1 Å². The average Bonchev–Trinajstić information content (AvgIpc) is 3.32. The molecule has 2 amide bonds. The molecule has 8 nitrogen and oxygen atoms in total. The predicted octanol–water partition coefficient (Wildman–Crippen LogP) is 3.98. The summed E-state index contributed by atoms with van der Waals surface area (Å²) < 4.78 is 30.6. The molecule has 1 aromatic carbocycles. The SMILES string of the molecule is Cc1ncc(-c2ccc3nnc(NC(=O)N4[C@@H]5CC[C@H]4C[C@H](NCC(F)F)C5)cc3c2)o1. The van der Waals surface area contributed by atoms with E-state index in [9.17, 15) is 13.6 Å². The Morgan fingerprint density at radius 2 is 2.00 bits per heavy atom. The molecule has 0 saturated carbocycles. The fourth-order valence-electron chi connectivity index (χ4n) is 4.86. The fourth-order valence-corrected chi connectivity index (χ4v) is 4.86. The van der Waals surface area contributed by atoms with Crippen molar-refractivity contribution < 1.29 is 18.0 Å². The van der Waals surface area contributed by atoms with E-state index in [0.29, 0.717) is 35.8 Å². The number of aryl methyl sites for hydroxylation is 1. The number of benzene rings is 1. The normalized spacial score (nSPS) is 22.6. The van der Waals surface area contributed by atoms with Crippen LogP contribution in [0.2, 0.25) is 0 Å². The highest BCUT2D eigenvalue weighted by Crippen LogP contribution is 2.36. The van der Waals surface area contributed by atoms with Gasteiger partial charge in [0.1, 0.15) is 0 Å². The zero-order valence-electron chi connectivity index (χ0n) is 17.6. The number of oxazole rings is 1. The second-order valence-corrected chi connectivity index (χ2v) is 8.44. The van der Waals surface area contributed by atoms with Crippen LogP contribution in [0.15, 0.2) is 34.9 Å². The number of hydrogen-bond acceptors (Lipinski definition) is 6. The first-order valence-corrected chi connectivity index (χ1v) is 10.8. The second kappa shape index (κ2) is 8.42. The number of carbonyl (C=O) groups excluding carboxylic acids is 1. The third-order valence-electron chi connectivity index (χ3n) is 6.25. The largest absolute Gasteiger partial charge is 0.441 e. The molecule has 2 fully saturated rings. The predicted molar refractivity (Wildman–Crippen MR) is 114 cm³/mol. The molecule has 2 bridgehead atoms. The number of aromatic nitrogens is 3. The number of amides is 2. The van der Waals surface area contributed by atoms with Gasteiger partial charge < -0.3 is 14.6 Å². The maximum absolute atomic E-state index is 13.0. The number of piperidine rings is 1. The zero-order valence-corrected chi connectivity index (χ0v) is 17.6. The van der Waals surface area contributed by atoms with Crippen molar-refractivity contribution in [1.82, 2.24) is 25.4 Å². The molecule has 0 radical (unpaired) electrons. The van der Waals surface area contributed by atoms with Gasteiger partial charge in [-0.1, -0.05) is 0 Å². The van der Waals surface area contributed by atoms with Crippen LogP contribution in [0.1, 0.15) is 31.6 Å². The number of alkyl halides is 2. The molecule has 0 spiro atoms. The lowest BCUT2D eigenvalue weighted by atomic mass is 9.97. The number of halogens is 2. The molecule has 2 aromatic heterocycles. The second-order valence-electron chi connectivity index (χ2n) is 8.44. The van der Waals surface area contributed by atoms with Crippen LogP contribution in [0.5, 0.6) is 0 Å². The van der Waals surface area contributed by atoms with Gasteiger partial charge in [0, 0.05) is 36.0 Å². The van der Waals surface area contributed by atoms with Crippen LogP contribution in [0, 0.1) is 6.92 Å². The van der Waals surface area contributed by atoms with E-state index in [4.69, 9.17) is 4.42 Å². The van der Waals surface area contributed by atoms with Gasteiger partial charge in [0.25, 0.3) is 6.43 Å². The molecule has 32 heavy (non-hydrogen) atoms. The summed E-state index contributed by atoms with van der Waals surface area (Å²) in [5, 5.41) is 15.0. The molecule has 3 aromatic rings. The molecule has 5 rings (SSSR count). The Kier molecular flexibility index (Phi) is 5.46. The third-order valence-corrected chi connectivity index (χ3v) is 6.25. The summed E-state index contributed by atoms with van der Waals surface area (Å²) in [6.07, 6.45) is 2.43. The number of fused-ring (bicyclic) bond motifs is 3. The molecule has 168 valence electrons. The summed E-state index contributed by atoms with van der Waals surface area (Å²) in [6.45, 7) is 1.48. The quantitative estimate of drug-likeness (QED) is 0.621. The molecule has 2 aliphatic rings. The zero-order chi connectivity index (χ0) is 22.2. The van der Waals surface area contributed by atoms with Crippen molar-refractivity contribution in [3.63, 3.8) is 0 Å². The fraction of sp³-hybridized carbons (Fsp3) is 0.455. The van der Waals surface area contributed by atoms with Crippen LogP contribution in [0.3, 0.4) is 0 Å². The van der Waals surface area contributed by atoms with Gasteiger partial charge in [-0.3, -0.25) is 5.32 Å². The molecule has 10 heteroatoms. The van der Waals surface area contributed by atoms with Gasteiger partial charge in [-0.2, -0.15) is 0 Å². The summed E-state index contributed by atoms with van der Waals surface area (Å²) in [6, 6.07) is 7.31. The van der Waals surface area contributed by atoms with Gasteiger partial charge in [-0.05, 0) is 49.9 Å². The molecule has 0 unspecified atom stereocenters. The summed E-state index contributed by atoms with van der Waals surface area (Å²) in [5.41, 5.74) is 1.56. The van der Waals surface area contributed by atoms with E-state index in [0.717, 1.165) is 23.8 Å². The molecular weight excluding hydrogens is 418 g/mol. The minimum absolute atomic E-state index is 0.0177. The minimum Gasteiger partial charge on any atom is -0.441 e. The van der Waals surface area contributed by atoms with E-state index >= 15 is 0 Å². The van der Waals surface area contributed by atoms with E-state index in [-0.39, 0.29) is 30.7 Å². The van der Waals surface area contributed by atoms with E-state index in [2.05, 4.69) is 25.8 Å². The maximum atomic E-state index is 13.0. The van der Waals surface area contributed by atoms with Gasteiger partial charge >= 0.3 is 6.03 Å². The van der Waals surface area contributed by atoms with E-state index < -0.39 is 6.43 Å². The number of anilines is 1. The first kappa shape index (κ1) is 20.7. The lowest BCUT2D eigenvalue weighted by molar-refractivity contribution is 0.115. The third kappa shape index (κ3) is 4.14. The van der Waals surface area contributed by atoms with Gasteiger partial charge in [0.05, 0.1) is 18.3 Å². The summed E-state index contributed by atoms with van der Waals surface area (Å²) >= 11 is 0. The molecule has 3 atom stereocenters. The van der Waals surface area contributed by atoms with Crippen LogP contribution in [0.25, 0.3) is 22.2 Å². The van der Waals surface area contributed by atoms with Crippen molar-refractivity contribution >= 4 is 22.8 Å². The number of rotatable bonds is 5. The topological polar surface area (TPSA) is 96.2 Å². The molecule has 0 aliphatic carbocycles. The average molecular weight is 442 g/mol. The Balaban J connectivity index is 1.29. The molecule has 4 heterocycles. The van der Waals surface area contributed by atoms with E-state index in [1.165, 1.54) is 0 Å². The Morgan fingerprint density at radius 1 is 1.22 bits per heavy atom. The van der Waals surface area contributed by atoms with Crippen molar-refractivity contribution in [2.45, 2.75) is 57.2 Å². The molecule has 2 saturated heterocycles. The minimum atomic E-state index is -2.37. The number of carbonyl (C=O) groups is 1. The van der Waals surface area contributed by atoms with Crippen molar-refractivity contribution in [3.8, 4) is 11.3 Å². The van der Waals surface area contributed by atoms with Gasteiger partial charge in [0.2, 0.25) is 0 Å². The Morgan fingerprint density at radius 3 is 2.69 bits per heavy atom. The van der Waals surface area contributed by atoms with Crippen molar-refractivity contribution in [3.05, 3.63) is 36.4 Å². The highest BCUT2D eigenvalue weighted by atomic mass is 19.3. The van der Waals surface area contributed by atoms with E-state index in [1.54, 1.807) is 19.2 Å². The van der Waals surface area contributed by atoms with Crippen LogP contribution in [0.4, 0.5) is 19.4 Å². The molecule has 2 N–H and O–H groups in total. The number of nitrogens with one attached hydrogen (secondary N) is 2. The number of hydrogen-bond donors (Lipinski definition) is 2. The van der Waals surface area contributed by atoms with Crippen molar-refractivity contribution in [2.24, 2.45) is 0 Å². The van der Waals surface area contributed by atoms with Gasteiger partial charge in [-0.15, -0.1) is 10.2 Å². The van der Waals surface area contributed by atoms with Crippen LogP contribution < -0.4 is 10.6 Å². The molecular formula is C22H24F2N6O2. The van der Waals surface area contributed by atoms with Crippen molar-refractivity contribution in [1.29, 1.82) is 0 Å². The van der Waals surface area contributed by atoms with Crippen LogP contribution in [-0.2, 0) is 0 Å². The monoisotopic (exact) mass is 442 g/mol. The first-order chi connectivity index (χ1) is 15.5. The highest BCUT2D eigenvalue weighted by molar-refractivity contribution is 5.92. The Labute approximate surface area is 183 Å². The lowest BCUT2D eigenvalue weighted by Gasteiger charge is -2.39. The highest BCUT2D eigenvalue weighted by Gasteiger charge is 2.43.